The summed E-state index contributed by atoms with van der Waals surface area (Å²) in [5.74, 6) is -2.26. The van der Waals surface area contributed by atoms with E-state index in [0.717, 1.165) is 11.5 Å². The van der Waals surface area contributed by atoms with Crippen molar-refractivity contribution in [2.24, 2.45) is 0 Å². The quantitative estimate of drug-likeness (QED) is 0.323. The van der Waals surface area contributed by atoms with Gasteiger partial charge in [0, 0.05) is 6.54 Å². The van der Waals surface area contributed by atoms with Gasteiger partial charge in [-0.1, -0.05) is 12.1 Å². The molecule has 12 heteroatoms. The Bertz CT molecular complexity index is 661. The Balaban J connectivity index is 0.000000314. The largest absolute Gasteiger partial charge is 0.508 e. The van der Waals surface area contributed by atoms with Crippen LogP contribution in [0.5, 0.6) is 5.75 Å². The molecule has 146 valence electrons. The highest BCUT2D eigenvalue weighted by molar-refractivity contribution is 7.49. The SMILES string of the molecule is O=C(O)C(Cc1ccc(O)cc1)NP(=O)(O)O.O=C(O)C1CCCN1O. The summed E-state index contributed by atoms with van der Waals surface area (Å²) >= 11 is 0. The predicted octanol–water partition coefficient (Wildman–Crippen LogP) is -0.00520. The van der Waals surface area contributed by atoms with Gasteiger partial charge < -0.3 is 30.3 Å². The minimum absolute atomic E-state index is 0.0311. The Labute approximate surface area is 148 Å². The molecule has 1 aromatic rings. The fourth-order valence-corrected chi connectivity index (χ4v) is 2.87. The maximum atomic E-state index is 10.8. The van der Waals surface area contributed by atoms with Gasteiger partial charge in [0.15, 0.2) is 0 Å². The van der Waals surface area contributed by atoms with Crippen LogP contribution in [0.1, 0.15) is 18.4 Å². The third kappa shape index (κ3) is 7.91. The molecule has 1 aromatic carbocycles. The number of aliphatic carboxylic acids is 2. The van der Waals surface area contributed by atoms with Gasteiger partial charge >= 0.3 is 19.7 Å². The van der Waals surface area contributed by atoms with E-state index in [4.69, 9.17) is 30.3 Å². The lowest BCUT2D eigenvalue weighted by Crippen LogP contribution is -2.36. The fourth-order valence-electron chi connectivity index (χ4n) is 2.26. The number of nitrogens with one attached hydrogen (secondary N) is 1. The molecule has 1 aliphatic heterocycles. The van der Waals surface area contributed by atoms with Crippen LogP contribution in [0.3, 0.4) is 0 Å². The number of carbonyl (C=O) groups is 2. The zero-order valence-electron chi connectivity index (χ0n) is 13.6. The van der Waals surface area contributed by atoms with Crippen LogP contribution in [0.15, 0.2) is 24.3 Å². The summed E-state index contributed by atoms with van der Waals surface area (Å²) in [6, 6.07) is 3.64. The van der Waals surface area contributed by atoms with Crippen LogP contribution >= 0.6 is 7.75 Å². The molecular weight excluding hydrogens is 371 g/mol. The van der Waals surface area contributed by atoms with Gasteiger partial charge in [-0.2, -0.15) is 5.06 Å². The van der Waals surface area contributed by atoms with Crippen molar-refractivity contribution in [1.29, 1.82) is 0 Å². The molecule has 0 saturated carbocycles. The number of hydrogen-bond donors (Lipinski definition) is 7. The van der Waals surface area contributed by atoms with Gasteiger partial charge in [-0.25, -0.2) is 9.65 Å². The van der Waals surface area contributed by atoms with Crippen LogP contribution in [0.25, 0.3) is 0 Å². The van der Waals surface area contributed by atoms with Crippen molar-refractivity contribution in [3.05, 3.63) is 29.8 Å². The predicted molar refractivity (Wildman–Crippen MR) is 87.6 cm³/mol. The summed E-state index contributed by atoms with van der Waals surface area (Å²) in [5, 5.41) is 37.6. The van der Waals surface area contributed by atoms with Crippen LogP contribution in [0.4, 0.5) is 0 Å². The molecule has 0 spiro atoms. The van der Waals surface area contributed by atoms with Gasteiger partial charge in [0.1, 0.15) is 17.8 Å². The second-order valence-electron chi connectivity index (χ2n) is 5.59. The first-order valence-electron chi connectivity index (χ1n) is 7.52. The molecule has 1 aliphatic rings. The number of hydroxylamine groups is 2. The highest BCUT2D eigenvalue weighted by Gasteiger charge is 2.29. The standard InChI is InChI=1S/C9H12NO6P.C5H9NO3/c11-7-3-1-6(2-4-7)5-8(9(12)13)10-17(14,15)16;7-5(8)4-2-1-3-6(4)9/h1-4,8,11H,5H2,(H,12,13)(H3,10,14,15,16);4,9H,1-3H2,(H,7,8). The van der Waals surface area contributed by atoms with Gasteiger partial charge in [0.25, 0.3) is 0 Å². The summed E-state index contributed by atoms with van der Waals surface area (Å²) in [6.07, 6.45) is 1.24. The van der Waals surface area contributed by atoms with Crippen molar-refractivity contribution in [3.63, 3.8) is 0 Å². The van der Waals surface area contributed by atoms with Crippen molar-refractivity contribution < 1.29 is 44.5 Å². The van der Waals surface area contributed by atoms with E-state index >= 15 is 0 Å². The molecule has 26 heavy (non-hydrogen) atoms. The zero-order chi connectivity index (χ0) is 19.9. The Morgan fingerprint density at radius 3 is 2.15 bits per heavy atom. The van der Waals surface area contributed by atoms with Crippen LogP contribution < -0.4 is 5.09 Å². The summed E-state index contributed by atoms with van der Waals surface area (Å²) < 4.78 is 10.7. The summed E-state index contributed by atoms with van der Waals surface area (Å²) in [5.41, 5.74) is 0.538. The number of nitrogens with zero attached hydrogens (tertiary/aromatic N) is 1. The number of aromatic hydroxyl groups is 1. The Kier molecular flexibility index (Phi) is 8.15. The van der Waals surface area contributed by atoms with Crippen molar-refractivity contribution >= 4 is 19.7 Å². The number of benzene rings is 1. The molecule has 2 atom stereocenters. The molecule has 1 saturated heterocycles. The zero-order valence-corrected chi connectivity index (χ0v) is 14.5. The molecule has 2 unspecified atom stereocenters. The molecule has 0 aliphatic carbocycles. The van der Waals surface area contributed by atoms with Crippen LogP contribution in [-0.2, 0) is 20.6 Å². The van der Waals surface area contributed by atoms with E-state index in [1.54, 1.807) is 5.09 Å². The third-order valence-corrected chi connectivity index (χ3v) is 4.16. The normalized spacial score (nSPS) is 18.7. The van der Waals surface area contributed by atoms with E-state index in [-0.39, 0.29) is 12.2 Å². The lowest BCUT2D eigenvalue weighted by Gasteiger charge is -2.15. The van der Waals surface area contributed by atoms with Crippen molar-refractivity contribution in [3.8, 4) is 5.75 Å². The lowest BCUT2D eigenvalue weighted by molar-refractivity contribution is -0.161. The fraction of sp³-hybridized carbons (Fsp3) is 0.429. The second kappa shape index (κ2) is 9.62. The molecule has 7 N–H and O–H groups in total. The van der Waals surface area contributed by atoms with E-state index in [2.05, 4.69) is 0 Å². The molecule has 0 radical (unpaired) electrons. The molecule has 0 bridgehead atoms. The van der Waals surface area contributed by atoms with Gasteiger partial charge in [-0.15, -0.1) is 0 Å². The number of hydrogen-bond acceptors (Lipinski definition) is 6. The van der Waals surface area contributed by atoms with Gasteiger partial charge in [-0.3, -0.25) is 9.59 Å². The first kappa shape index (κ1) is 22.0. The van der Waals surface area contributed by atoms with Crippen LogP contribution in [0, 0.1) is 0 Å². The van der Waals surface area contributed by atoms with Crippen molar-refractivity contribution in [1.82, 2.24) is 10.2 Å². The molecule has 0 amide bonds. The van der Waals surface area contributed by atoms with Gasteiger partial charge in [-0.05, 0) is 37.0 Å². The van der Waals surface area contributed by atoms with Crippen LogP contribution in [-0.4, -0.2) is 65.9 Å². The maximum Gasteiger partial charge on any atom is 0.401 e. The van der Waals surface area contributed by atoms with E-state index in [1.165, 1.54) is 24.3 Å². The first-order chi connectivity index (χ1) is 12.0. The topological polar surface area (TPSA) is 188 Å². The summed E-state index contributed by atoms with van der Waals surface area (Å²) in [4.78, 5) is 38.3. The molecule has 0 aromatic heterocycles. The first-order valence-corrected chi connectivity index (χ1v) is 9.13. The number of phenolic OH excluding ortho intramolecular Hbond substituents is 1. The Morgan fingerprint density at radius 1 is 1.23 bits per heavy atom. The smallest absolute Gasteiger partial charge is 0.401 e. The second-order valence-corrected chi connectivity index (χ2v) is 6.94. The average molecular weight is 392 g/mol. The summed E-state index contributed by atoms with van der Waals surface area (Å²) in [6.45, 7) is 0.483. The van der Waals surface area contributed by atoms with E-state index in [0.29, 0.717) is 18.5 Å². The van der Waals surface area contributed by atoms with Gasteiger partial charge in [0.05, 0.1) is 0 Å². The third-order valence-electron chi connectivity index (χ3n) is 3.51. The highest BCUT2D eigenvalue weighted by Crippen LogP contribution is 2.29. The van der Waals surface area contributed by atoms with E-state index < -0.39 is 31.8 Å². The number of carboxylic acids is 2. The van der Waals surface area contributed by atoms with Gasteiger partial charge in [0.2, 0.25) is 0 Å². The van der Waals surface area contributed by atoms with Crippen molar-refractivity contribution in [2.75, 3.05) is 6.54 Å². The number of carboxylic acid groups (broad SMARTS) is 2. The Morgan fingerprint density at radius 2 is 1.81 bits per heavy atom. The van der Waals surface area contributed by atoms with E-state index in [9.17, 15) is 14.2 Å². The van der Waals surface area contributed by atoms with Crippen molar-refractivity contribution in [2.45, 2.75) is 31.3 Å². The van der Waals surface area contributed by atoms with E-state index in [1.807, 2.05) is 0 Å². The van der Waals surface area contributed by atoms with Crippen LogP contribution in [0.2, 0.25) is 0 Å². The average Bonchev–Trinajstić information content (AvgIpc) is 2.94. The molecule has 1 heterocycles. The lowest BCUT2D eigenvalue weighted by atomic mass is 10.1. The molecule has 11 nitrogen and oxygen atoms in total. The minimum atomic E-state index is -4.60. The highest BCUT2D eigenvalue weighted by atomic mass is 31.2. The molecular formula is C14H21N2O9P. The monoisotopic (exact) mass is 392 g/mol. The molecule has 1 fully saturated rings. The number of rotatable bonds is 6. The maximum absolute atomic E-state index is 10.8. The Hall–Kier alpha value is -2.01. The number of phenols is 1. The minimum Gasteiger partial charge on any atom is -0.508 e. The molecule has 2 rings (SSSR count). The summed E-state index contributed by atoms with van der Waals surface area (Å²) in [7, 11) is -4.60.